The van der Waals surface area contributed by atoms with Gasteiger partial charge in [0.05, 0.1) is 18.9 Å². The van der Waals surface area contributed by atoms with Gasteiger partial charge in [-0.1, -0.05) is 42.5 Å². The number of amides is 3. The van der Waals surface area contributed by atoms with Gasteiger partial charge in [-0.2, -0.15) is 0 Å². The molecule has 2 aliphatic carbocycles. The van der Waals surface area contributed by atoms with Crippen LogP contribution < -0.4 is 14.8 Å². The van der Waals surface area contributed by atoms with E-state index in [9.17, 15) is 14.4 Å². The number of rotatable bonds is 8. The van der Waals surface area contributed by atoms with Crippen LogP contribution in [-0.4, -0.2) is 35.8 Å². The largest absolute Gasteiger partial charge is 0.493 e. The average Bonchev–Trinajstić information content (AvgIpc) is 3.63. The van der Waals surface area contributed by atoms with Gasteiger partial charge in [0, 0.05) is 12.1 Å². The molecule has 0 aromatic heterocycles. The van der Waals surface area contributed by atoms with Crippen LogP contribution >= 0.6 is 0 Å². The van der Waals surface area contributed by atoms with E-state index in [4.69, 9.17) is 9.47 Å². The van der Waals surface area contributed by atoms with E-state index < -0.39 is 6.04 Å². The van der Waals surface area contributed by atoms with Gasteiger partial charge < -0.3 is 14.8 Å². The predicted octanol–water partition coefficient (Wildman–Crippen LogP) is 5.07. The van der Waals surface area contributed by atoms with Crippen LogP contribution in [0.25, 0.3) is 0 Å². The fourth-order valence-electron chi connectivity index (χ4n) is 6.54. The van der Waals surface area contributed by atoms with Crippen LogP contribution in [-0.2, 0) is 20.8 Å². The van der Waals surface area contributed by atoms with E-state index in [2.05, 4.69) is 5.32 Å². The van der Waals surface area contributed by atoms with Gasteiger partial charge in [0.25, 0.3) is 0 Å². The van der Waals surface area contributed by atoms with Crippen molar-refractivity contribution in [2.75, 3.05) is 12.4 Å². The van der Waals surface area contributed by atoms with Crippen molar-refractivity contribution in [1.82, 2.24) is 4.90 Å². The minimum absolute atomic E-state index is 0.177. The van der Waals surface area contributed by atoms with Crippen LogP contribution in [0.5, 0.6) is 17.2 Å². The number of likely N-dealkylation sites (tertiary alicyclic amines) is 1. The highest BCUT2D eigenvalue weighted by Crippen LogP contribution is 2.56. The SMILES string of the molecule is COc1ccccc1Oc1ccc(NC(=O)[C@H](Cc2ccccc2)N2C(=O)[C@H]3[C@H]4CC[C@@H](C4)[C@@H]3C2=O)cc1. The topological polar surface area (TPSA) is 84.9 Å². The quantitative estimate of drug-likeness (QED) is 0.428. The van der Waals surface area contributed by atoms with E-state index in [1.54, 1.807) is 31.4 Å². The number of ether oxygens (including phenoxy) is 2. The van der Waals surface area contributed by atoms with Crippen molar-refractivity contribution < 1.29 is 23.9 Å². The number of para-hydroxylation sites is 2. The molecule has 3 aliphatic rings. The summed E-state index contributed by atoms with van der Waals surface area (Å²) in [6, 6.07) is 23.0. The van der Waals surface area contributed by atoms with Gasteiger partial charge in [0.2, 0.25) is 17.7 Å². The third-order valence-corrected chi connectivity index (χ3v) is 8.27. The molecular formula is C31H30N2O5. The van der Waals surface area contributed by atoms with Crippen molar-refractivity contribution >= 4 is 23.4 Å². The molecule has 1 saturated heterocycles. The van der Waals surface area contributed by atoms with E-state index in [0.29, 0.717) is 22.9 Å². The van der Waals surface area contributed by atoms with Crippen LogP contribution in [0.3, 0.4) is 0 Å². The second-order valence-electron chi connectivity index (χ2n) is 10.4. The average molecular weight is 511 g/mol. The lowest BCUT2D eigenvalue weighted by molar-refractivity contribution is -0.147. The number of nitrogens with one attached hydrogen (secondary N) is 1. The van der Waals surface area contributed by atoms with Crippen LogP contribution in [0.2, 0.25) is 0 Å². The molecule has 5 atom stereocenters. The lowest BCUT2D eigenvalue weighted by Crippen LogP contribution is -2.49. The van der Waals surface area contributed by atoms with Crippen LogP contribution in [0.15, 0.2) is 78.9 Å². The molecular weight excluding hydrogens is 480 g/mol. The van der Waals surface area contributed by atoms with E-state index in [1.807, 2.05) is 54.6 Å². The summed E-state index contributed by atoms with van der Waals surface area (Å²) in [7, 11) is 1.58. The molecule has 1 N–H and O–H groups in total. The normalized spacial score (nSPS) is 24.3. The first-order valence-electron chi connectivity index (χ1n) is 13.2. The monoisotopic (exact) mass is 510 g/mol. The molecule has 2 bridgehead atoms. The number of fused-ring (bicyclic) bond motifs is 5. The maximum absolute atomic E-state index is 13.6. The standard InChI is InChI=1S/C31H30N2O5/c1-37-25-9-5-6-10-26(25)38-23-15-13-22(14-16-23)32-29(34)24(17-19-7-3-2-4-8-19)33-30(35)27-20-11-12-21(18-20)28(27)31(33)36/h2-10,13-16,20-21,24,27-28H,11-12,17-18H2,1H3,(H,32,34)/t20-,21-,24-,27-,28-/m0/s1. The molecule has 194 valence electrons. The van der Waals surface area contributed by atoms with Gasteiger partial charge in [-0.3, -0.25) is 19.3 Å². The zero-order chi connectivity index (χ0) is 26.2. The third-order valence-electron chi connectivity index (χ3n) is 8.27. The Balaban J connectivity index is 1.22. The maximum Gasteiger partial charge on any atom is 0.248 e. The number of imide groups is 1. The van der Waals surface area contributed by atoms with Crippen molar-refractivity contribution in [1.29, 1.82) is 0 Å². The third kappa shape index (κ3) is 4.32. The molecule has 3 aromatic rings. The number of anilines is 1. The van der Waals surface area contributed by atoms with Crippen molar-refractivity contribution in [3.8, 4) is 17.2 Å². The molecule has 3 fully saturated rings. The highest BCUT2D eigenvalue weighted by molar-refractivity contribution is 6.10. The molecule has 7 heteroatoms. The first-order valence-corrected chi connectivity index (χ1v) is 13.2. The van der Waals surface area contributed by atoms with Gasteiger partial charge in [-0.05, 0) is 73.1 Å². The number of hydrogen-bond acceptors (Lipinski definition) is 5. The van der Waals surface area contributed by atoms with Crippen molar-refractivity contribution in [3.63, 3.8) is 0 Å². The molecule has 1 heterocycles. The van der Waals surface area contributed by atoms with Crippen molar-refractivity contribution in [2.24, 2.45) is 23.7 Å². The first-order chi connectivity index (χ1) is 18.5. The number of nitrogens with zero attached hydrogens (tertiary/aromatic N) is 1. The summed E-state index contributed by atoms with van der Waals surface area (Å²) < 4.78 is 11.3. The van der Waals surface area contributed by atoms with Crippen molar-refractivity contribution in [3.05, 3.63) is 84.4 Å². The molecule has 6 rings (SSSR count). The second kappa shape index (κ2) is 9.97. The zero-order valence-electron chi connectivity index (χ0n) is 21.2. The summed E-state index contributed by atoms with van der Waals surface area (Å²) in [5.41, 5.74) is 1.45. The van der Waals surface area contributed by atoms with Gasteiger partial charge in [-0.15, -0.1) is 0 Å². The van der Waals surface area contributed by atoms with Gasteiger partial charge in [0.15, 0.2) is 11.5 Å². The van der Waals surface area contributed by atoms with E-state index in [-0.39, 0.29) is 47.8 Å². The molecule has 0 unspecified atom stereocenters. The number of hydrogen-bond donors (Lipinski definition) is 1. The maximum atomic E-state index is 13.6. The fraction of sp³-hybridized carbons (Fsp3) is 0.323. The summed E-state index contributed by atoms with van der Waals surface area (Å²) in [6.07, 6.45) is 3.22. The Labute approximate surface area is 221 Å². The number of methoxy groups -OCH3 is 1. The van der Waals surface area contributed by atoms with E-state index in [0.717, 1.165) is 24.8 Å². The number of benzene rings is 3. The number of carbonyl (C=O) groups is 3. The minimum Gasteiger partial charge on any atom is -0.493 e. The molecule has 1 aliphatic heterocycles. The van der Waals surface area contributed by atoms with Gasteiger partial charge >= 0.3 is 0 Å². The highest BCUT2D eigenvalue weighted by atomic mass is 16.5. The Morgan fingerprint density at radius 3 is 2.11 bits per heavy atom. The summed E-state index contributed by atoms with van der Waals surface area (Å²) in [5.74, 6) is 1.06. The first kappa shape index (κ1) is 24.2. The van der Waals surface area contributed by atoms with Crippen LogP contribution in [0, 0.1) is 23.7 Å². The van der Waals surface area contributed by atoms with E-state index in [1.165, 1.54) is 4.90 Å². The Kier molecular flexibility index (Phi) is 6.35. The molecule has 0 radical (unpaired) electrons. The Morgan fingerprint density at radius 1 is 0.868 bits per heavy atom. The highest BCUT2D eigenvalue weighted by Gasteiger charge is 2.62. The molecule has 7 nitrogen and oxygen atoms in total. The number of carbonyl (C=O) groups excluding carboxylic acids is 3. The lowest BCUT2D eigenvalue weighted by atomic mass is 9.81. The molecule has 2 saturated carbocycles. The zero-order valence-corrected chi connectivity index (χ0v) is 21.2. The summed E-state index contributed by atoms with van der Waals surface area (Å²) >= 11 is 0. The fourth-order valence-corrected chi connectivity index (χ4v) is 6.54. The van der Waals surface area contributed by atoms with Crippen LogP contribution in [0.1, 0.15) is 24.8 Å². The molecule has 38 heavy (non-hydrogen) atoms. The van der Waals surface area contributed by atoms with Gasteiger partial charge in [-0.25, -0.2) is 0 Å². The van der Waals surface area contributed by atoms with Crippen molar-refractivity contribution in [2.45, 2.75) is 31.7 Å². The second-order valence-corrected chi connectivity index (χ2v) is 10.4. The Bertz CT molecular complexity index is 1330. The van der Waals surface area contributed by atoms with E-state index >= 15 is 0 Å². The summed E-state index contributed by atoms with van der Waals surface area (Å²) in [5, 5.41) is 2.93. The predicted molar refractivity (Wildman–Crippen MR) is 142 cm³/mol. The lowest BCUT2D eigenvalue weighted by Gasteiger charge is -2.27. The van der Waals surface area contributed by atoms with Crippen LogP contribution in [0.4, 0.5) is 5.69 Å². The molecule has 3 amide bonds. The summed E-state index contributed by atoms with van der Waals surface area (Å²) in [4.78, 5) is 42.0. The smallest absolute Gasteiger partial charge is 0.248 e. The van der Waals surface area contributed by atoms with Gasteiger partial charge in [0.1, 0.15) is 11.8 Å². The summed E-state index contributed by atoms with van der Waals surface area (Å²) in [6.45, 7) is 0. The Morgan fingerprint density at radius 2 is 1.47 bits per heavy atom. The Hall–Kier alpha value is -4.13. The minimum atomic E-state index is -0.910. The molecule has 0 spiro atoms. The molecule has 3 aromatic carbocycles.